The van der Waals surface area contributed by atoms with Crippen LogP contribution in [0.1, 0.15) is 16.8 Å². The molecule has 1 aromatic carbocycles. The molecule has 0 aliphatic carbocycles. The van der Waals surface area contributed by atoms with E-state index in [9.17, 15) is 4.79 Å². The lowest BCUT2D eigenvalue weighted by Crippen LogP contribution is -2.45. The number of thiol groups is 1. The number of methoxy groups -OCH3 is 1. The number of rotatable bonds is 4. The molecule has 4 nitrogen and oxygen atoms in total. The number of carbonyl (C=O) groups excluding carboxylic acids is 1. The molecule has 1 aliphatic heterocycles. The average molecular weight is 302 g/mol. The van der Waals surface area contributed by atoms with Gasteiger partial charge in [0.25, 0.3) is 5.91 Å². The Labute approximate surface area is 122 Å². The molecule has 104 valence electrons. The van der Waals surface area contributed by atoms with E-state index in [2.05, 4.69) is 17.9 Å². The van der Waals surface area contributed by atoms with Crippen LogP contribution in [0.25, 0.3) is 0 Å². The number of hydrogen-bond acceptors (Lipinski definition) is 4. The summed E-state index contributed by atoms with van der Waals surface area (Å²) in [5.74, 6) is -0.232. The SMILES string of the molecule is COC1(CNC(=O)c2cc(S)ccc2Cl)CCOC1. The molecule has 0 aromatic heterocycles. The number of ether oxygens (including phenoxy) is 2. The molecule has 1 saturated heterocycles. The fourth-order valence-corrected chi connectivity index (χ4v) is 2.39. The molecular formula is C13H16ClNO3S. The largest absolute Gasteiger partial charge is 0.378 e. The van der Waals surface area contributed by atoms with Gasteiger partial charge < -0.3 is 14.8 Å². The van der Waals surface area contributed by atoms with Crippen LogP contribution in [0.3, 0.4) is 0 Å². The monoisotopic (exact) mass is 301 g/mol. The van der Waals surface area contributed by atoms with Crippen LogP contribution in [0, 0.1) is 0 Å². The number of hydrogen-bond donors (Lipinski definition) is 2. The lowest BCUT2D eigenvalue weighted by molar-refractivity contribution is -0.0148. The first kappa shape index (κ1) is 14.7. The van der Waals surface area contributed by atoms with Crippen molar-refractivity contribution in [1.82, 2.24) is 5.32 Å². The van der Waals surface area contributed by atoms with Gasteiger partial charge in [-0.15, -0.1) is 12.6 Å². The van der Waals surface area contributed by atoms with Crippen LogP contribution in [0.15, 0.2) is 23.1 Å². The van der Waals surface area contributed by atoms with Crippen molar-refractivity contribution >= 4 is 30.1 Å². The second-order valence-electron chi connectivity index (χ2n) is 4.54. The van der Waals surface area contributed by atoms with E-state index < -0.39 is 5.60 Å². The van der Waals surface area contributed by atoms with Gasteiger partial charge in [-0.05, 0) is 18.2 Å². The summed E-state index contributed by atoms with van der Waals surface area (Å²) in [6, 6.07) is 5.04. The highest BCUT2D eigenvalue weighted by molar-refractivity contribution is 7.80. The van der Waals surface area contributed by atoms with Crippen LogP contribution in [-0.2, 0) is 9.47 Å². The molecule has 1 heterocycles. The first-order chi connectivity index (χ1) is 9.06. The third-order valence-electron chi connectivity index (χ3n) is 3.27. The van der Waals surface area contributed by atoms with Gasteiger partial charge in [-0.2, -0.15) is 0 Å². The molecule has 1 N–H and O–H groups in total. The standard InChI is InChI=1S/C13H16ClNO3S/c1-17-13(4-5-18-8-13)7-15-12(16)10-6-9(19)2-3-11(10)14/h2-3,6,19H,4-5,7-8H2,1H3,(H,15,16). The zero-order chi connectivity index (χ0) is 13.9. The first-order valence-electron chi connectivity index (χ1n) is 5.96. The Balaban J connectivity index is 2.03. The van der Waals surface area contributed by atoms with Crippen molar-refractivity contribution in [2.75, 3.05) is 26.9 Å². The van der Waals surface area contributed by atoms with E-state index in [-0.39, 0.29) is 5.91 Å². The van der Waals surface area contributed by atoms with Crippen molar-refractivity contribution in [3.05, 3.63) is 28.8 Å². The quantitative estimate of drug-likeness (QED) is 0.838. The molecule has 0 saturated carbocycles. The van der Waals surface area contributed by atoms with Gasteiger partial charge in [0.05, 0.1) is 17.2 Å². The van der Waals surface area contributed by atoms with Crippen LogP contribution >= 0.6 is 24.2 Å². The molecule has 1 amide bonds. The maximum atomic E-state index is 12.1. The van der Waals surface area contributed by atoms with Crippen LogP contribution in [0.5, 0.6) is 0 Å². The fraction of sp³-hybridized carbons (Fsp3) is 0.462. The lowest BCUT2D eigenvalue weighted by Gasteiger charge is -2.25. The Bertz CT molecular complexity index is 475. The topological polar surface area (TPSA) is 47.6 Å². The Kier molecular flexibility index (Phi) is 4.73. The molecule has 6 heteroatoms. The molecule has 1 unspecified atom stereocenters. The van der Waals surface area contributed by atoms with Gasteiger partial charge in [-0.25, -0.2) is 0 Å². The molecular weight excluding hydrogens is 286 g/mol. The summed E-state index contributed by atoms with van der Waals surface area (Å²) in [5.41, 5.74) is -0.0138. The van der Waals surface area contributed by atoms with Gasteiger partial charge in [0.2, 0.25) is 0 Å². The zero-order valence-electron chi connectivity index (χ0n) is 10.6. The van der Waals surface area contributed by atoms with Crippen LogP contribution in [0.4, 0.5) is 0 Å². The number of halogens is 1. The molecule has 1 aliphatic rings. The highest BCUT2D eigenvalue weighted by atomic mass is 35.5. The van der Waals surface area contributed by atoms with E-state index in [1.807, 2.05) is 0 Å². The molecule has 1 fully saturated rings. The zero-order valence-corrected chi connectivity index (χ0v) is 12.3. The summed E-state index contributed by atoms with van der Waals surface area (Å²) >= 11 is 10.2. The van der Waals surface area contributed by atoms with Crippen molar-refractivity contribution in [2.24, 2.45) is 0 Å². The Morgan fingerprint density at radius 3 is 3.05 bits per heavy atom. The van der Waals surface area contributed by atoms with E-state index >= 15 is 0 Å². The van der Waals surface area contributed by atoms with Crippen molar-refractivity contribution in [2.45, 2.75) is 16.9 Å². The third-order valence-corrected chi connectivity index (χ3v) is 3.87. The summed E-state index contributed by atoms with van der Waals surface area (Å²) in [5, 5.41) is 3.25. The highest BCUT2D eigenvalue weighted by Gasteiger charge is 2.35. The van der Waals surface area contributed by atoms with Gasteiger partial charge in [0, 0.05) is 31.6 Å². The Morgan fingerprint density at radius 1 is 1.63 bits per heavy atom. The van der Waals surface area contributed by atoms with E-state index in [4.69, 9.17) is 21.1 Å². The lowest BCUT2D eigenvalue weighted by atomic mass is 10.0. The highest BCUT2D eigenvalue weighted by Crippen LogP contribution is 2.23. The summed E-state index contributed by atoms with van der Waals surface area (Å²) in [7, 11) is 1.63. The normalized spacial score (nSPS) is 22.5. The van der Waals surface area contributed by atoms with Gasteiger partial charge in [-0.1, -0.05) is 11.6 Å². The van der Waals surface area contributed by atoms with Crippen LogP contribution in [-0.4, -0.2) is 38.4 Å². The minimum absolute atomic E-state index is 0.232. The summed E-state index contributed by atoms with van der Waals surface area (Å²) in [6.45, 7) is 1.54. The van der Waals surface area contributed by atoms with Gasteiger partial charge >= 0.3 is 0 Å². The van der Waals surface area contributed by atoms with Gasteiger partial charge in [-0.3, -0.25) is 4.79 Å². The predicted octanol–water partition coefficient (Wildman–Crippen LogP) is 2.16. The summed E-state index contributed by atoms with van der Waals surface area (Å²) in [6.07, 6.45) is 0.768. The second-order valence-corrected chi connectivity index (χ2v) is 5.46. The minimum atomic E-state index is -0.430. The maximum Gasteiger partial charge on any atom is 0.252 e. The van der Waals surface area contributed by atoms with Gasteiger partial charge in [0.15, 0.2) is 0 Å². The molecule has 2 rings (SSSR count). The third kappa shape index (κ3) is 3.42. The molecule has 1 aromatic rings. The van der Waals surface area contributed by atoms with Crippen molar-refractivity contribution in [1.29, 1.82) is 0 Å². The number of amides is 1. The Morgan fingerprint density at radius 2 is 2.42 bits per heavy atom. The summed E-state index contributed by atoms with van der Waals surface area (Å²) in [4.78, 5) is 12.8. The molecule has 0 bridgehead atoms. The summed E-state index contributed by atoms with van der Waals surface area (Å²) < 4.78 is 10.8. The van der Waals surface area contributed by atoms with Crippen molar-refractivity contribution < 1.29 is 14.3 Å². The fourth-order valence-electron chi connectivity index (χ4n) is 1.98. The van der Waals surface area contributed by atoms with E-state index in [1.165, 1.54) is 0 Å². The number of nitrogens with one attached hydrogen (secondary N) is 1. The molecule has 0 radical (unpaired) electrons. The smallest absolute Gasteiger partial charge is 0.252 e. The first-order valence-corrected chi connectivity index (χ1v) is 6.78. The van der Waals surface area contributed by atoms with E-state index in [0.717, 1.165) is 6.42 Å². The Hall–Kier alpha value is -0.750. The molecule has 19 heavy (non-hydrogen) atoms. The average Bonchev–Trinajstić information content (AvgIpc) is 2.88. The second kappa shape index (κ2) is 6.13. The van der Waals surface area contributed by atoms with E-state index in [1.54, 1.807) is 25.3 Å². The van der Waals surface area contributed by atoms with E-state index in [0.29, 0.717) is 35.2 Å². The number of carbonyl (C=O) groups is 1. The predicted molar refractivity (Wildman–Crippen MR) is 76.2 cm³/mol. The van der Waals surface area contributed by atoms with Crippen molar-refractivity contribution in [3.8, 4) is 0 Å². The maximum absolute atomic E-state index is 12.1. The number of benzene rings is 1. The molecule has 0 spiro atoms. The van der Waals surface area contributed by atoms with Crippen LogP contribution in [0.2, 0.25) is 5.02 Å². The van der Waals surface area contributed by atoms with Crippen molar-refractivity contribution in [3.63, 3.8) is 0 Å². The van der Waals surface area contributed by atoms with Crippen LogP contribution < -0.4 is 5.32 Å². The van der Waals surface area contributed by atoms with Gasteiger partial charge in [0.1, 0.15) is 5.60 Å². The minimum Gasteiger partial charge on any atom is -0.378 e. The molecule has 1 atom stereocenters.